The van der Waals surface area contributed by atoms with E-state index in [0.717, 1.165) is 34.6 Å². The van der Waals surface area contributed by atoms with Gasteiger partial charge in [0.1, 0.15) is 12.3 Å². The number of phosphoric acid groups is 1. The average molecular weight is 594 g/mol. The number of nitrogens with zero attached hydrogens (tertiary/aromatic N) is 2. The summed E-state index contributed by atoms with van der Waals surface area (Å²) in [5.74, 6) is -2.33. The van der Waals surface area contributed by atoms with Crippen LogP contribution in [0.3, 0.4) is 0 Å². The standard InChI is InChI=1S/C26H29FN3O10P/c1-15(30(39-17-8-5-9-17)20-11-4-7-16-6-2-3-10-18(16)20)25(33)40-41(35,36)37-14-22-21(31)12-23(38-22)29-13-19(27)24(32)28-26(29)34/h2-4,6-7,10-11,13,15,17,21-23,31H,5,8-9,12,14H2,1H3,(H,35,36)(H,28,32,34)/t15-,21-,22+,23+/m0/s1. The first-order valence-corrected chi connectivity index (χ1v) is 14.5. The molecule has 1 saturated heterocycles. The number of carbonyl (C=O) groups is 1. The summed E-state index contributed by atoms with van der Waals surface area (Å²) in [4.78, 5) is 54.5. The van der Waals surface area contributed by atoms with Crippen LogP contribution in [-0.2, 0) is 28.0 Å². The summed E-state index contributed by atoms with van der Waals surface area (Å²) in [7, 11) is -5.00. The Labute approximate surface area is 232 Å². The smallest absolute Gasteiger partial charge is 0.390 e. The quantitative estimate of drug-likeness (QED) is 0.233. The molecule has 1 aromatic heterocycles. The van der Waals surface area contributed by atoms with E-state index in [4.69, 9.17) is 18.6 Å². The van der Waals surface area contributed by atoms with Gasteiger partial charge in [-0.1, -0.05) is 36.4 Å². The van der Waals surface area contributed by atoms with E-state index in [1.165, 1.54) is 12.0 Å². The topological polar surface area (TPSA) is 170 Å². The predicted molar refractivity (Wildman–Crippen MR) is 142 cm³/mol. The van der Waals surface area contributed by atoms with Gasteiger partial charge in [0, 0.05) is 11.8 Å². The number of ether oxygens (including phenoxy) is 1. The summed E-state index contributed by atoms with van der Waals surface area (Å²) in [6.45, 7) is 0.775. The lowest BCUT2D eigenvalue weighted by molar-refractivity contribution is -0.141. The maximum atomic E-state index is 13.7. The van der Waals surface area contributed by atoms with Crippen LogP contribution in [0, 0.1) is 5.82 Å². The van der Waals surface area contributed by atoms with Crippen molar-refractivity contribution in [3.63, 3.8) is 0 Å². The molecular weight excluding hydrogens is 564 g/mol. The number of aromatic amines is 1. The molecule has 13 nitrogen and oxygen atoms in total. The second-order valence-corrected chi connectivity index (χ2v) is 11.3. The summed E-state index contributed by atoms with van der Waals surface area (Å²) in [6, 6.07) is 11.9. The second kappa shape index (κ2) is 11.8. The number of phosphoric ester groups is 1. The average Bonchev–Trinajstić information content (AvgIpc) is 3.28. The third-order valence-corrected chi connectivity index (χ3v) is 7.94. The Bertz CT molecular complexity index is 1590. The highest BCUT2D eigenvalue weighted by Crippen LogP contribution is 2.45. The van der Waals surface area contributed by atoms with Crippen LogP contribution in [0.15, 0.2) is 58.3 Å². The van der Waals surface area contributed by atoms with Crippen LogP contribution in [0.4, 0.5) is 10.1 Å². The number of aliphatic hydroxyl groups is 1. The van der Waals surface area contributed by atoms with Crippen LogP contribution in [0.5, 0.6) is 0 Å². The van der Waals surface area contributed by atoms with Crippen LogP contribution >= 0.6 is 7.82 Å². The Hall–Kier alpha value is -3.39. The van der Waals surface area contributed by atoms with E-state index in [1.807, 2.05) is 36.4 Å². The number of benzene rings is 2. The lowest BCUT2D eigenvalue weighted by Gasteiger charge is -2.36. The maximum Gasteiger partial charge on any atom is 0.529 e. The molecule has 41 heavy (non-hydrogen) atoms. The normalized spacial score (nSPS) is 23.1. The maximum absolute atomic E-state index is 13.7. The molecule has 1 saturated carbocycles. The van der Waals surface area contributed by atoms with Crippen molar-refractivity contribution in [1.82, 2.24) is 9.55 Å². The third kappa shape index (κ3) is 6.43. The van der Waals surface area contributed by atoms with Gasteiger partial charge in [-0.25, -0.2) is 19.2 Å². The second-order valence-electron chi connectivity index (χ2n) is 9.91. The van der Waals surface area contributed by atoms with Crippen LogP contribution < -0.4 is 16.3 Å². The van der Waals surface area contributed by atoms with Gasteiger partial charge in [0.05, 0.1) is 30.7 Å². The highest BCUT2D eigenvalue weighted by Gasteiger charge is 2.40. The molecule has 0 amide bonds. The van der Waals surface area contributed by atoms with Crippen LogP contribution in [0.1, 0.15) is 38.8 Å². The molecule has 1 aliphatic heterocycles. The minimum atomic E-state index is -5.00. The van der Waals surface area contributed by atoms with Gasteiger partial charge in [-0.05, 0) is 37.6 Å². The van der Waals surface area contributed by atoms with Gasteiger partial charge >= 0.3 is 19.5 Å². The van der Waals surface area contributed by atoms with Crippen LogP contribution in [0.25, 0.3) is 10.8 Å². The van der Waals surface area contributed by atoms with Crippen molar-refractivity contribution in [2.45, 2.75) is 63.2 Å². The third-order valence-electron chi connectivity index (χ3n) is 7.06. The molecule has 2 aliphatic rings. The number of halogens is 1. The lowest BCUT2D eigenvalue weighted by atomic mass is 9.96. The SMILES string of the molecule is C[C@@H](C(=O)OP(=O)(O)OC[C@H]1O[C@@H](n2cc(F)c(=O)[nH]c2=O)C[C@@H]1O)N(OC1CCC1)c1cccc2ccccc12. The molecule has 5 rings (SSSR count). The Morgan fingerprint density at radius 1 is 1.24 bits per heavy atom. The molecule has 3 aromatic rings. The van der Waals surface area contributed by atoms with Crippen molar-refractivity contribution in [2.24, 2.45) is 0 Å². The summed E-state index contributed by atoms with van der Waals surface area (Å²) in [6.07, 6.45) is -0.814. The number of aromatic nitrogens is 2. The van der Waals surface area contributed by atoms with E-state index >= 15 is 0 Å². The van der Waals surface area contributed by atoms with E-state index in [2.05, 4.69) is 0 Å². The van der Waals surface area contributed by atoms with Crippen molar-refractivity contribution in [3.05, 3.63) is 75.3 Å². The number of nitrogens with one attached hydrogen (secondary N) is 1. The Balaban J connectivity index is 1.25. The highest BCUT2D eigenvalue weighted by atomic mass is 31.2. The number of hydrogen-bond acceptors (Lipinski definition) is 10. The van der Waals surface area contributed by atoms with E-state index < -0.39 is 61.9 Å². The van der Waals surface area contributed by atoms with Crippen LogP contribution in [-0.4, -0.2) is 56.5 Å². The molecule has 1 aliphatic carbocycles. The number of rotatable bonds is 10. The first-order chi connectivity index (χ1) is 19.5. The van der Waals surface area contributed by atoms with Crippen molar-refractivity contribution in [1.29, 1.82) is 0 Å². The van der Waals surface area contributed by atoms with Gasteiger partial charge in [0.2, 0.25) is 5.82 Å². The lowest BCUT2D eigenvalue weighted by Crippen LogP contribution is -2.44. The molecule has 220 valence electrons. The van der Waals surface area contributed by atoms with Gasteiger partial charge < -0.3 is 14.4 Å². The molecule has 0 bridgehead atoms. The number of anilines is 1. The predicted octanol–water partition coefficient (Wildman–Crippen LogP) is 2.52. The Kier molecular flexibility index (Phi) is 8.41. The molecule has 3 N–H and O–H groups in total. The highest BCUT2D eigenvalue weighted by molar-refractivity contribution is 7.48. The molecular formula is C26H29FN3O10P. The monoisotopic (exact) mass is 593 g/mol. The van der Waals surface area contributed by atoms with Gasteiger partial charge in [-0.15, -0.1) is 0 Å². The summed E-state index contributed by atoms with van der Waals surface area (Å²) < 4.78 is 42.4. The Morgan fingerprint density at radius 3 is 2.71 bits per heavy atom. The molecule has 2 fully saturated rings. The zero-order chi connectivity index (χ0) is 29.3. The van der Waals surface area contributed by atoms with Gasteiger partial charge in [0.15, 0.2) is 6.04 Å². The molecule has 0 spiro atoms. The van der Waals surface area contributed by atoms with E-state index in [1.54, 1.807) is 11.1 Å². The van der Waals surface area contributed by atoms with E-state index in [-0.39, 0.29) is 12.5 Å². The number of hydrogen-bond donors (Lipinski definition) is 3. The molecule has 5 atom stereocenters. The van der Waals surface area contributed by atoms with Crippen LogP contribution in [0.2, 0.25) is 0 Å². The van der Waals surface area contributed by atoms with Crippen molar-refractivity contribution >= 4 is 30.3 Å². The largest absolute Gasteiger partial charge is 0.529 e. The fourth-order valence-corrected chi connectivity index (χ4v) is 5.35. The van der Waals surface area contributed by atoms with Gasteiger partial charge in [-0.2, -0.15) is 4.39 Å². The minimum absolute atomic E-state index is 0.126. The van der Waals surface area contributed by atoms with Crippen molar-refractivity contribution in [2.75, 3.05) is 11.7 Å². The summed E-state index contributed by atoms with van der Waals surface area (Å²) in [5.41, 5.74) is -1.60. The van der Waals surface area contributed by atoms with Gasteiger partial charge in [-0.3, -0.25) is 28.6 Å². The van der Waals surface area contributed by atoms with E-state index in [9.17, 15) is 33.3 Å². The molecule has 0 radical (unpaired) electrons. The molecule has 1 unspecified atom stereocenters. The van der Waals surface area contributed by atoms with E-state index in [0.29, 0.717) is 11.9 Å². The fourth-order valence-electron chi connectivity index (χ4n) is 4.58. The summed E-state index contributed by atoms with van der Waals surface area (Å²) in [5, 5.41) is 13.4. The van der Waals surface area contributed by atoms with Crippen molar-refractivity contribution in [3.8, 4) is 0 Å². The van der Waals surface area contributed by atoms with Gasteiger partial charge in [0.25, 0.3) is 5.56 Å². The number of hydroxylamine groups is 1. The molecule has 2 heterocycles. The number of H-pyrrole nitrogens is 1. The summed E-state index contributed by atoms with van der Waals surface area (Å²) >= 11 is 0. The van der Waals surface area contributed by atoms with Crippen molar-refractivity contribution < 1.29 is 42.4 Å². The fraction of sp³-hybridized carbons (Fsp3) is 0.423. The zero-order valence-corrected chi connectivity index (χ0v) is 22.8. The zero-order valence-electron chi connectivity index (χ0n) is 21.9. The first-order valence-electron chi connectivity index (χ1n) is 13.0. The minimum Gasteiger partial charge on any atom is -0.390 e. The molecule has 15 heteroatoms. The number of fused-ring (bicyclic) bond motifs is 1. The number of aliphatic hydroxyl groups excluding tert-OH is 1. The number of carbonyl (C=O) groups excluding carboxylic acids is 1. The Morgan fingerprint density at radius 2 is 1.98 bits per heavy atom. The first kappa shape index (κ1) is 29.1. The molecule has 2 aromatic carbocycles.